The third-order valence-corrected chi connectivity index (χ3v) is 5.14. The van der Waals surface area contributed by atoms with Crippen molar-refractivity contribution in [2.45, 2.75) is 45.2 Å². The van der Waals surface area contributed by atoms with Gasteiger partial charge in [-0.3, -0.25) is 0 Å². The van der Waals surface area contributed by atoms with Crippen LogP contribution in [0, 0.1) is 0 Å². The third-order valence-electron chi connectivity index (χ3n) is 3.26. The Bertz CT molecular complexity index is 621. The van der Waals surface area contributed by atoms with E-state index < -0.39 is 16.5 Å². The Kier molecular flexibility index (Phi) is 12.0. The van der Waals surface area contributed by atoms with Crippen molar-refractivity contribution in [2.75, 3.05) is 0 Å². The molecular formula is C18H28Cl2N2Si2Zr. The van der Waals surface area contributed by atoms with Gasteiger partial charge in [-0.25, -0.2) is 0 Å². The number of halogens is 2. The largest absolute Gasteiger partial charge is 2.00 e. The second kappa shape index (κ2) is 11.0. The maximum Gasteiger partial charge on any atom is 2.00 e. The number of benzene rings is 1. The molecule has 0 saturated heterocycles. The molecule has 0 unspecified atom stereocenters. The van der Waals surface area contributed by atoms with Crippen molar-refractivity contribution in [1.82, 2.24) is 4.98 Å². The number of allylic oxidation sites excluding steroid dienone is 4. The predicted molar refractivity (Wildman–Crippen MR) is 104 cm³/mol. The number of nitrogens with zero attached hydrogens (tertiary/aromatic N) is 1. The fourth-order valence-electron chi connectivity index (χ4n) is 2.49. The van der Waals surface area contributed by atoms with Gasteiger partial charge in [-0.2, -0.15) is 0 Å². The van der Waals surface area contributed by atoms with Crippen molar-refractivity contribution < 1.29 is 51.0 Å². The maximum atomic E-state index is 5.13. The third kappa shape index (κ3) is 9.01. The molecule has 136 valence electrons. The van der Waals surface area contributed by atoms with Crippen LogP contribution in [0.5, 0.6) is 0 Å². The van der Waals surface area contributed by atoms with Gasteiger partial charge in [0.1, 0.15) is 14.1 Å². The molecule has 7 heteroatoms. The first kappa shape index (κ1) is 27.3. The molecular weight excluding hydrogens is 463 g/mol. The number of rotatable bonds is 4. The van der Waals surface area contributed by atoms with E-state index in [1.54, 1.807) is 0 Å². The minimum absolute atomic E-state index is 0. The van der Waals surface area contributed by atoms with Gasteiger partial charge in [-0.15, -0.1) is 0 Å². The molecule has 0 amide bonds. The van der Waals surface area contributed by atoms with Crippen molar-refractivity contribution in [3.8, 4) is 0 Å². The smallest absolute Gasteiger partial charge is 1.00 e. The molecule has 2 rings (SSSR count). The Morgan fingerprint density at radius 3 is 1.92 bits per heavy atom. The Morgan fingerprint density at radius 2 is 1.44 bits per heavy atom. The van der Waals surface area contributed by atoms with Gasteiger partial charge in [0.25, 0.3) is 0 Å². The fraction of sp³-hybridized carbons (Fsp3) is 0.389. The van der Waals surface area contributed by atoms with Crippen molar-refractivity contribution in [2.24, 2.45) is 4.66 Å². The summed E-state index contributed by atoms with van der Waals surface area (Å²) in [4.78, 5) is 3.77. The maximum absolute atomic E-state index is 5.13. The summed E-state index contributed by atoms with van der Waals surface area (Å²) in [6.45, 7) is 13.8. The van der Waals surface area contributed by atoms with Gasteiger partial charge >= 0.3 is 26.2 Å². The molecule has 25 heavy (non-hydrogen) atoms. The van der Waals surface area contributed by atoms with Gasteiger partial charge in [-0.05, 0) is 25.2 Å². The monoisotopic (exact) mass is 488 g/mol. The first-order valence-electron chi connectivity index (χ1n) is 7.98. The summed E-state index contributed by atoms with van der Waals surface area (Å²) < 4.78 is 5.13. The van der Waals surface area contributed by atoms with Gasteiger partial charge in [0.05, 0.1) is 0 Å². The van der Waals surface area contributed by atoms with E-state index in [9.17, 15) is 0 Å². The molecule has 2 nitrogen and oxygen atoms in total. The molecule has 1 aromatic rings. The molecule has 0 spiro atoms. The molecule has 0 fully saturated rings. The summed E-state index contributed by atoms with van der Waals surface area (Å²) in [6.07, 6.45) is 8.75. The van der Waals surface area contributed by atoms with E-state index in [0.717, 1.165) is 5.84 Å². The van der Waals surface area contributed by atoms with Crippen LogP contribution in [-0.4, -0.2) is 22.3 Å². The molecule has 1 aromatic carbocycles. The SMILES string of the molecule is C[Si](C)(C)N=C(N[Si](C)(C)C)c1ccccc1C1C=CC=C1.[Cl-].[Cl-].[Zr+2]. The van der Waals surface area contributed by atoms with E-state index in [0.29, 0.717) is 5.92 Å². The number of hydrogen-bond acceptors (Lipinski definition) is 1. The van der Waals surface area contributed by atoms with E-state index in [1.807, 2.05) is 0 Å². The first-order valence-corrected chi connectivity index (χ1v) is 14.9. The molecule has 1 aliphatic carbocycles. The van der Waals surface area contributed by atoms with Gasteiger partial charge in [0.15, 0.2) is 8.24 Å². The zero-order chi connectivity index (χ0) is 16.4. The average molecular weight is 491 g/mol. The molecule has 0 saturated carbocycles. The summed E-state index contributed by atoms with van der Waals surface area (Å²) in [5.41, 5.74) is 2.60. The van der Waals surface area contributed by atoms with Crippen LogP contribution < -0.4 is 29.8 Å². The van der Waals surface area contributed by atoms with Gasteiger partial charge in [-0.1, -0.05) is 68.2 Å². The second-order valence-corrected chi connectivity index (χ2v) is 17.2. The quantitative estimate of drug-likeness (QED) is 0.324. The Morgan fingerprint density at radius 1 is 0.920 bits per heavy atom. The number of amidine groups is 1. The molecule has 0 aliphatic heterocycles. The fourth-order valence-corrected chi connectivity index (χ4v) is 4.35. The molecule has 0 aromatic heterocycles. The zero-order valence-electron chi connectivity index (χ0n) is 15.9. The van der Waals surface area contributed by atoms with E-state index in [-0.39, 0.29) is 51.0 Å². The Labute approximate surface area is 186 Å². The second-order valence-electron chi connectivity index (χ2n) is 7.89. The van der Waals surface area contributed by atoms with Crippen LogP contribution in [0.25, 0.3) is 0 Å². The summed E-state index contributed by atoms with van der Waals surface area (Å²) in [5.74, 6) is 1.47. The van der Waals surface area contributed by atoms with Crippen LogP contribution in [0.4, 0.5) is 0 Å². The average Bonchev–Trinajstić information content (AvgIpc) is 2.88. The zero-order valence-corrected chi connectivity index (χ0v) is 21.9. The molecule has 1 aliphatic rings. The van der Waals surface area contributed by atoms with E-state index in [2.05, 4.69) is 92.8 Å². The standard InChI is InChI=1S/C18H28N2Si2.2ClH.Zr/c1-21(2,3)19-18(20-22(4,5)6)17-14-10-9-13-16(17)15-11-7-8-12-15;;;/h7-15H,1-6H3,(H,19,20);2*1H;/q;;;+2/p-2. The van der Waals surface area contributed by atoms with Gasteiger partial charge < -0.3 is 34.5 Å². The minimum atomic E-state index is -1.55. The van der Waals surface area contributed by atoms with Crippen LogP contribution in [0.2, 0.25) is 39.3 Å². The van der Waals surface area contributed by atoms with E-state index in [1.165, 1.54) is 11.1 Å². The van der Waals surface area contributed by atoms with Crippen LogP contribution in [-0.2, 0) is 26.2 Å². The predicted octanol–water partition coefficient (Wildman–Crippen LogP) is -1.09. The van der Waals surface area contributed by atoms with Crippen molar-refractivity contribution in [3.63, 3.8) is 0 Å². The normalized spacial score (nSPS) is 14.4. The molecule has 0 atom stereocenters. The van der Waals surface area contributed by atoms with Crippen molar-refractivity contribution in [3.05, 3.63) is 59.7 Å². The van der Waals surface area contributed by atoms with Gasteiger partial charge in [0.2, 0.25) is 0 Å². The summed E-state index contributed by atoms with van der Waals surface area (Å²) in [6, 6.07) is 8.68. The van der Waals surface area contributed by atoms with E-state index >= 15 is 0 Å². The topological polar surface area (TPSA) is 24.4 Å². The Balaban J connectivity index is 0. The summed E-state index contributed by atoms with van der Waals surface area (Å²) in [7, 11) is -3.01. The first-order chi connectivity index (χ1) is 10.2. The Hall–Kier alpha value is 0.0669. The van der Waals surface area contributed by atoms with Crippen molar-refractivity contribution >= 4 is 22.3 Å². The van der Waals surface area contributed by atoms with Crippen LogP contribution in [0.15, 0.2) is 53.2 Å². The molecule has 0 bridgehead atoms. The minimum Gasteiger partial charge on any atom is -1.00 e. The molecule has 1 N–H and O–H groups in total. The number of hydrogen-bond donors (Lipinski definition) is 1. The van der Waals surface area contributed by atoms with Crippen LogP contribution in [0.1, 0.15) is 17.0 Å². The van der Waals surface area contributed by atoms with Crippen LogP contribution >= 0.6 is 0 Å². The summed E-state index contributed by atoms with van der Waals surface area (Å²) >= 11 is 0. The molecule has 0 radical (unpaired) electrons. The summed E-state index contributed by atoms with van der Waals surface area (Å²) in [5, 5.41) is 0. The molecule has 0 heterocycles. The van der Waals surface area contributed by atoms with Crippen LogP contribution in [0.3, 0.4) is 0 Å². The number of nitrogens with one attached hydrogen (secondary N) is 1. The van der Waals surface area contributed by atoms with Gasteiger partial charge in [0, 0.05) is 11.5 Å². The van der Waals surface area contributed by atoms with E-state index in [4.69, 9.17) is 4.66 Å². The van der Waals surface area contributed by atoms with Crippen molar-refractivity contribution in [1.29, 1.82) is 0 Å².